The van der Waals surface area contributed by atoms with Crippen molar-refractivity contribution in [1.29, 1.82) is 0 Å². The van der Waals surface area contributed by atoms with Gasteiger partial charge in [0.05, 0.1) is 5.69 Å². The van der Waals surface area contributed by atoms with Crippen molar-refractivity contribution in [2.45, 2.75) is 38.0 Å². The Bertz CT molecular complexity index is 736. The van der Waals surface area contributed by atoms with Crippen molar-refractivity contribution >= 4 is 32.8 Å². The van der Waals surface area contributed by atoms with Crippen LogP contribution in [0.3, 0.4) is 0 Å². The standard InChI is InChI=1S/C12H14N6S2/c13-11-14-8(6-19-11)5-9-17-18-10(7-3-1-2-4-7)15-16-12(18)20-9/h6-7H,1-5H2,(H2,13,14). The molecular formula is C12H14N6S2. The first-order valence-corrected chi connectivity index (χ1v) is 8.40. The number of nitrogens with two attached hydrogens (primary N) is 1. The summed E-state index contributed by atoms with van der Waals surface area (Å²) < 4.78 is 1.92. The average Bonchev–Trinajstić information content (AvgIpc) is 3.13. The lowest BCUT2D eigenvalue weighted by molar-refractivity contribution is 0.638. The number of anilines is 1. The first-order chi connectivity index (χ1) is 9.79. The van der Waals surface area contributed by atoms with Gasteiger partial charge in [0.15, 0.2) is 11.0 Å². The number of hydrogen-bond donors (Lipinski definition) is 1. The number of nitrogen functional groups attached to an aromatic ring is 1. The van der Waals surface area contributed by atoms with Crippen LogP contribution >= 0.6 is 22.7 Å². The summed E-state index contributed by atoms with van der Waals surface area (Å²) in [5.41, 5.74) is 6.63. The summed E-state index contributed by atoms with van der Waals surface area (Å²) in [6.07, 6.45) is 5.70. The molecule has 0 amide bonds. The molecule has 0 atom stereocenters. The Labute approximate surface area is 123 Å². The van der Waals surface area contributed by atoms with Gasteiger partial charge in [-0.2, -0.15) is 9.61 Å². The smallest absolute Gasteiger partial charge is 0.234 e. The molecule has 3 aromatic rings. The minimum absolute atomic E-state index is 0.523. The number of aromatic nitrogens is 5. The van der Waals surface area contributed by atoms with Gasteiger partial charge in [0.2, 0.25) is 4.96 Å². The predicted octanol–water partition coefficient (Wildman–Crippen LogP) is 2.47. The fourth-order valence-corrected chi connectivity index (χ4v) is 4.16. The Kier molecular flexibility index (Phi) is 2.92. The van der Waals surface area contributed by atoms with Crippen LogP contribution in [0.25, 0.3) is 4.96 Å². The Morgan fingerprint density at radius 3 is 2.90 bits per heavy atom. The van der Waals surface area contributed by atoms with Gasteiger partial charge in [-0.05, 0) is 12.8 Å². The normalized spacial score (nSPS) is 16.4. The van der Waals surface area contributed by atoms with Gasteiger partial charge in [-0.1, -0.05) is 24.2 Å². The minimum atomic E-state index is 0.523. The van der Waals surface area contributed by atoms with Crippen molar-refractivity contribution in [2.24, 2.45) is 0 Å². The number of fused-ring (bicyclic) bond motifs is 1. The maximum Gasteiger partial charge on any atom is 0.234 e. The summed E-state index contributed by atoms with van der Waals surface area (Å²) in [7, 11) is 0. The zero-order chi connectivity index (χ0) is 13.5. The molecular weight excluding hydrogens is 292 g/mol. The number of thiazole rings is 1. The van der Waals surface area contributed by atoms with Gasteiger partial charge in [0.1, 0.15) is 5.01 Å². The molecule has 20 heavy (non-hydrogen) atoms. The molecule has 1 fully saturated rings. The predicted molar refractivity (Wildman–Crippen MR) is 79.2 cm³/mol. The third-order valence-electron chi connectivity index (χ3n) is 3.68. The molecule has 0 aromatic carbocycles. The maximum absolute atomic E-state index is 5.66. The number of rotatable bonds is 3. The molecule has 104 valence electrons. The van der Waals surface area contributed by atoms with E-state index in [9.17, 15) is 0 Å². The molecule has 0 radical (unpaired) electrons. The summed E-state index contributed by atoms with van der Waals surface area (Å²) in [6.45, 7) is 0. The molecule has 0 saturated heterocycles. The van der Waals surface area contributed by atoms with Gasteiger partial charge in [0, 0.05) is 17.7 Å². The molecule has 0 bridgehead atoms. The fourth-order valence-electron chi connectivity index (χ4n) is 2.74. The van der Waals surface area contributed by atoms with E-state index in [2.05, 4.69) is 20.3 Å². The molecule has 4 rings (SSSR count). The second-order valence-corrected chi connectivity index (χ2v) is 7.01. The van der Waals surface area contributed by atoms with Crippen LogP contribution in [0, 0.1) is 0 Å². The lowest BCUT2D eigenvalue weighted by atomic mass is 10.1. The van der Waals surface area contributed by atoms with Crippen molar-refractivity contribution in [2.75, 3.05) is 5.73 Å². The van der Waals surface area contributed by atoms with Crippen LogP contribution in [-0.2, 0) is 6.42 Å². The summed E-state index contributed by atoms with van der Waals surface area (Å²) in [5.74, 6) is 1.55. The summed E-state index contributed by atoms with van der Waals surface area (Å²) in [4.78, 5) is 5.16. The fraction of sp³-hybridized carbons (Fsp3) is 0.500. The van der Waals surface area contributed by atoms with E-state index < -0.39 is 0 Å². The zero-order valence-electron chi connectivity index (χ0n) is 10.8. The molecule has 1 aliphatic rings. The van der Waals surface area contributed by atoms with Gasteiger partial charge in [-0.3, -0.25) is 0 Å². The molecule has 2 N–H and O–H groups in total. The molecule has 0 aliphatic heterocycles. The molecule has 0 spiro atoms. The van der Waals surface area contributed by atoms with Crippen molar-refractivity contribution in [1.82, 2.24) is 24.8 Å². The molecule has 0 unspecified atom stereocenters. The lowest BCUT2D eigenvalue weighted by Gasteiger charge is -2.03. The van der Waals surface area contributed by atoms with Gasteiger partial charge in [-0.25, -0.2) is 4.98 Å². The molecule has 3 heterocycles. The highest BCUT2D eigenvalue weighted by Crippen LogP contribution is 2.33. The summed E-state index contributed by atoms with van der Waals surface area (Å²) in [6, 6.07) is 0. The second-order valence-electron chi connectivity index (χ2n) is 5.08. The molecule has 6 nitrogen and oxygen atoms in total. The van der Waals surface area contributed by atoms with Crippen molar-refractivity contribution < 1.29 is 0 Å². The maximum atomic E-state index is 5.66. The van der Waals surface area contributed by atoms with E-state index in [0.717, 1.165) is 21.5 Å². The molecule has 8 heteroatoms. The largest absolute Gasteiger partial charge is 0.375 e. The first-order valence-electron chi connectivity index (χ1n) is 6.70. The van der Waals surface area contributed by atoms with E-state index >= 15 is 0 Å². The third kappa shape index (κ3) is 2.08. The number of nitrogens with zero attached hydrogens (tertiary/aromatic N) is 5. The quantitative estimate of drug-likeness (QED) is 0.804. The van der Waals surface area contributed by atoms with Crippen molar-refractivity contribution in [3.8, 4) is 0 Å². The van der Waals surface area contributed by atoms with E-state index in [4.69, 9.17) is 5.73 Å². The highest BCUT2D eigenvalue weighted by atomic mass is 32.1. The zero-order valence-corrected chi connectivity index (χ0v) is 12.5. The van der Waals surface area contributed by atoms with Crippen molar-refractivity contribution in [3.63, 3.8) is 0 Å². The Hall–Kier alpha value is -1.54. The Morgan fingerprint density at radius 1 is 1.30 bits per heavy atom. The lowest BCUT2D eigenvalue weighted by Crippen LogP contribution is -2.02. The molecule has 1 aliphatic carbocycles. The third-order valence-corrected chi connectivity index (χ3v) is 5.30. The van der Waals surface area contributed by atoms with E-state index in [-0.39, 0.29) is 0 Å². The first kappa shape index (κ1) is 12.2. The Morgan fingerprint density at radius 2 is 2.15 bits per heavy atom. The van der Waals surface area contributed by atoms with Crippen LogP contribution in [0.5, 0.6) is 0 Å². The number of hydrogen-bond acceptors (Lipinski definition) is 7. The van der Waals surface area contributed by atoms with E-state index in [1.807, 2.05) is 9.90 Å². The van der Waals surface area contributed by atoms with Crippen LogP contribution in [0.15, 0.2) is 5.38 Å². The van der Waals surface area contributed by atoms with Crippen LogP contribution < -0.4 is 5.73 Å². The minimum Gasteiger partial charge on any atom is -0.375 e. The molecule has 1 saturated carbocycles. The average molecular weight is 306 g/mol. The highest BCUT2D eigenvalue weighted by molar-refractivity contribution is 7.16. The van der Waals surface area contributed by atoms with Gasteiger partial charge in [-0.15, -0.1) is 21.5 Å². The van der Waals surface area contributed by atoms with Crippen LogP contribution in [0.4, 0.5) is 5.13 Å². The topological polar surface area (TPSA) is 82.0 Å². The van der Waals surface area contributed by atoms with E-state index in [1.165, 1.54) is 37.0 Å². The summed E-state index contributed by atoms with van der Waals surface area (Å²) in [5, 5.41) is 16.8. The van der Waals surface area contributed by atoms with Gasteiger partial charge >= 0.3 is 0 Å². The highest BCUT2D eigenvalue weighted by Gasteiger charge is 2.24. The van der Waals surface area contributed by atoms with Crippen LogP contribution in [0.1, 0.15) is 48.1 Å². The summed E-state index contributed by atoms with van der Waals surface area (Å²) >= 11 is 3.05. The van der Waals surface area contributed by atoms with Crippen LogP contribution in [0.2, 0.25) is 0 Å². The van der Waals surface area contributed by atoms with E-state index in [0.29, 0.717) is 17.5 Å². The van der Waals surface area contributed by atoms with E-state index in [1.54, 1.807) is 11.3 Å². The molecule has 3 aromatic heterocycles. The van der Waals surface area contributed by atoms with Gasteiger partial charge < -0.3 is 5.73 Å². The monoisotopic (exact) mass is 306 g/mol. The van der Waals surface area contributed by atoms with Crippen molar-refractivity contribution in [3.05, 3.63) is 21.9 Å². The SMILES string of the molecule is Nc1nc(Cc2nn3c(C4CCCC4)nnc3s2)cs1. The van der Waals surface area contributed by atoms with Gasteiger partial charge in [0.25, 0.3) is 0 Å². The second kappa shape index (κ2) is 4.78. The van der Waals surface area contributed by atoms with Crippen LogP contribution in [-0.4, -0.2) is 24.8 Å². The Balaban J connectivity index is 1.65.